The Bertz CT molecular complexity index is 705. The van der Waals surface area contributed by atoms with Crippen LogP contribution in [0, 0.1) is 13.8 Å². The van der Waals surface area contributed by atoms with Gasteiger partial charge in [-0.05, 0) is 19.9 Å². The van der Waals surface area contributed by atoms with Crippen LogP contribution >= 0.6 is 0 Å². The zero-order valence-corrected chi connectivity index (χ0v) is 11.8. The first-order chi connectivity index (χ1) is 9.94. The molecule has 2 rings (SSSR count). The summed E-state index contributed by atoms with van der Waals surface area (Å²) in [4.78, 5) is 37.8. The third kappa shape index (κ3) is 4.10. The number of nitrogens with one attached hydrogen (secondary N) is 2. The molecule has 21 heavy (non-hydrogen) atoms. The fourth-order valence-electron chi connectivity index (χ4n) is 1.85. The molecule has 2 heterocycles. The highest BCUT2D eigenvalue weighted by molar-refractivity contribution is 5.92. The third-order valence-corrected chi connectivity index (χ3v) is 2.67. The largest absolute Gasteiger partial charge is 0.368 e. The number of nitrogen functional groups attached to an aromatic ring is 1. The van der Waals surface area contributed by atoms with Crippen LogP contribution in [0.15, 0.2) is 16.9 Å². The van der Waals surface area contributed by atoms with E-state index in [4.69, 9.17) is 5.73 Å². The minimum atomic E-state index is -0.345. The Morgan fingerprint density at radius 2 is 1.95 bits per heavy atom. The molecule has 2 aromatic rings. The van der Waals surface area contributed by atoms with E-state index < -0.39 is 0 Å². The topological polar surface area (TPSA) is 127 Å². The second-order valence-corrected chi connectivity index (χ2v) is 4.59. The molecular weight excluding hydrogens is 272 g/mol. The molecule has 8 nitrogen and oxygen atoms in total. The SMILES string of the molecule is Cc1cc(C(=O)NCCc2nc(C)cc(=O)[nH]2)nc(N)n1. The number of hydrogen-bond donors (Lipinski definition) is 3. The fraction of sp³-hybridized carbons (Fsp3) is 0.308. The number of amides is 1. The van der Waals surface area contributed by atoms with E-state index in [1.165, 1.54) is 6.07 Å². The van der Waals surface area contributed by atoms with Gasteiger partial charge in [0.05, 0.1) is 0 Å². The second kappa shape index (κ2) is 6.12. The van der Waals surface area contributed by atoms with Gasteiger partial charge < -0.3 is 16.0 Å². The van der Waals surface area contributed by atoms with Crippen LogP contribution in [0.5, 0.6) is 0 Å². The smallest absolute Gasteiger partial charge is 0.270 e. The zero-order valence-electron chi connectivity index (χ0n) is 11.8. The van der Waals surface area contributed by atoms with Crippen molar-refractivity contribution in [3.63, 3.8) is 0 Å². The monoisotopic (exact) mass is 288 g/mol. The van der Waals surface area contributed by atoms with Crippen molar-refractivity contribution in [1.82, 2.24) is 25.3 Å². The molecule has 0 bridgehead atoms. The summed E-state index contributed by atoms with van der Waals surface area (Å²) in [6, 6.07) is 2.97. The van der Waals surface area contributed by atoms with Crippen LogP contribution in [0.1, 0.15) is 27.7 Å². The molecule has 0 saturated heterocycles. The van der Waals surface area contributed by atoms with Crippen molar-refractivity contribution in [2.24, 2.45) is 0 Å². The number of rotatable bonds is 4. The lowest BCUT2D eigenvalue weighted by atomic mass is 10.3. The van der Waals surface area contributed by atoms with Crippen LogP contribution in [-0.2, 0) is 6.42 Å². The predicted molar refractivity (Wildman–Crippen MR) is 76.8 cm³/mol. The van der Waals surface area contributed by atoms with Crippen LogP contribution in [0.3, 0.4) is 0 Å². The van der Waals surface area contributed by atoms with E-state index in [9.17, 15) is 9.59 Å². The Morgan fingerprint density at radius 3 is 2.62 bits per heavy atom. The number of aromatic nitrogens is 4. The summed E-state index contributed by atoms with van der Waals surface area (Å²) in [5, 5.41) is 2.69. The van der Waals surface area contributed by atoms with Gasteiger partial charge in [0.25, 0.3) is 11.5 Å². The Balaban J connectivity index is 1.96. The van der Waals surface area contributed by atoms with Crippen molar-refractivity contribution in [2.75, 3.05) is 12.3 Å². The van der Waals surface area contributed by atoms with Crippen molar-refractivity contribution < 1.29 is 4.79 Å². The lowest BCUT2D eigenvalue weighted by molar-refractivity contribution is 0.0949. The summed E-state index contributed by atoms with van der Waals surface area (Å²) in [5.74, 6) is 0.241. The van der Waals surface area contributed by atoms with Gasteiger partial charge in [-0.1, -0.05) is 0 Å². The summed E-state index contributed by atoms with van der Waals surface area (Å²) >= 11 is 0. The number of carbonyl (C=O) groups excluding carboxylic acids is 1. The lowest BCUT2D eigenvalue weighted by Crippen LogP contribution is -2.28. The number of H-pyrrole nitrogens is 1. The van der Waals surface area contributed by atoms with Gasteiger partial charge in [-0.3, -0.25) is 9.59 Å². The average molecular weight is 288 g/mol. The van der Waals surface area contributed by atoms with Gasteiger partial charge in [-0.2, -0.15) is 0 Å². The van der Waals surface area contributed by atoms with Crippen molar-refractivity contribution in [2.45, 2.75) is 20.3 Å². The number of aryl methyl sites for hydroxylation is 2. The van der Waals surface area contributed by atoms with Crippen LogP contribution in [-0.4, -0.2) is 32.4 Å². The summed E-state index contributed by atoms with van der Waals surface area (Å²) in [6.07, 6.45) is 0.419. The van der Waals surface area contributed by atoms with E-state index in [0.29, 0.717) is 30.2 Å². The summed E-state index contributed by atoms with van der Waals surface area (Å²) < 4.78 is 0. The van der Waals surface area contributed by atoms with Crippen LogP contribution in [0.2, 0.25) is 0 Å². The molecule has 0 aliphatic heterocycles. The molecule has 8 heteroatoms. The van der Waals surface area contributed by atoms with E-state index in [0.717, 1.165) is 0 Å². The number of anilines is 1. The first-order valence-electron chi connectivity index (χ1n) is 6.40. The Kier molecular flexibility index (Phi) is 4.27. The Morgan fingerprint density at radius 1 is 1.24 bits per heavy atom. The number of nitrogens with zero attached hydrogens (tertiary/aromatic N) is 3. The quantitative estimate of drug-likeness (QED) is 0.711. The van der Waals surface area contributed by atoms with E-state index >= 15 is 0 Å². The zero-order chi connectivity index (χ0) is 15.4. The number of carbonyl (C=O) groups is 1. The van der Waals surface area contributed by atoms with Crippen molar-refractivity contribution in [3.05, 3.63) is 45.4 Å². The summed E-state index contributed by atoms with van der Waals surface area (Å²) in [7, 11) is 0. The van der Waals surface area contributed by atoms with Gasteiger partial charge in [0.15, 0.2) is 0 Å². The van der Waals surface area contributed by atoms with Crippen LogP contribution < -0.4 is 16.6 Å². The third-order valence-electron chi connectivity index (χ3n) is 2.67. The minimum Gasteiger partial charge on any atom is -0.368 e. The van der Waals surface area contributed by atoms with E-state index in [-0.39, 0.29) is 23.1 Å². The van der Waals surface area contributed by atoms with Crippen LogP contribution in [0.25, 0.3) is 0 Å². The Hall–Kier alpha value is -2.77. The molecule has 110 valence electrons. The van der Waals surface area contributed by atoms with Gasteiger partial charge in [0, 0.05) is 30.4 Å². The number of hydrogen-bond acceptors (Lipinski definition) is 6. The summed E-state index contributed by atoms with van der Waals surface area (Å²) in [6.45, 7) is 3.80. The van der Waals surface area contributed by atoms with Gasteiger partial charge in [-0.15, -0.1) is 0 Å². The molecule has 4 N–H and O–H groups in total. The normalized spacial score (nSPS) is 10.4. The molecule has 0 aliphatic carbocycles. The highest BCUT2D eigenvalue weighted by Gasteiger charge is 2.09. The molecule has 0 radical (unpaired) electrons. The van der Waals surface area contributed by atoms with Gasteiger partial charge >= 0.3 is 0 Å². The Labute approximate surface area is 120 Å². The maximum absolute atomic E-state index is 11.9. The summed E-state index contributed by atoms with van der Waals surface area (Å²) in [5.41, 5.74) is 6.77. The number of aromatic amines is 1. The molecule has 0 atom stereocenters. The number of nitrogens with two attached hydrogens (primary N) is 1. The van der Waals surface area contributed by atoms with Crippen molar-refractivity contribution in [1.29, 1.82) is 0 Å². The maximum atomic E-state index is 11.9. The first kappa shape index (κ1) is 14.6. The fourth-order valence-corrected chi connectivity index (χ4v) is 1.85. The standard InChI is InChI=1S/C13H16N6O2/c1-7-5-9(18-13(14)17-7)12(21)15-4-3-10-16-8(2)6-11(20)19-10/h5-6H,3-4H2,1-2H3,(H,15,21)(H2,14,17,18)(H,16,19,20). The molecule has 0 unspecified atom stereocenters. The molecule has 0 spiro atoms. The molecule has 2 aromatic heterocycles. The highest BCUT2D eigenvalue weighted by atomic mass is 16.2. The second-order valence-electron chi connectivity index (χ2n) is 4.59. The van der Waals surface area contributed by atoms with E-state index in [1.54, 1.807) is 19.9 Å². The molecule has 0 aliphatic rings. The molecule has 0 aromatic carbocycles. The van der Waals surface area contributed by atoms with Crippen molar-refractivity contribution in [3.8, 4) is 0 Å². The predicted octanol–water partition coefficient (Wildman–Crippen LogP) is -0.269. The van der Waals surface area contributed by atoms with Gasteiger partial charge in [0.1, 0.15) is 11.5 Å². The first-order valence-corrected chi connectivity index (χ1v) is 6.40. The van der Waals surface area contributed by atoms with Crippen molar-refractivity contribution >= 4 is 11.9 Å². The molecule has 0 fully saturated rings. The molecule has 1 amide bonds. The van der Waals surface area contributed by atoms with Gasteiger partial charge in [-0.25, -0.2) is 15.0 Å². The lowest BCUT2D eigenvalue weighted by Gasteiger charge is -2.06. The highest BCUT2D eigenvalue weighted by Crippen LogP contribution is 2.01. The average Bonchev–Trinajstić information content (AvgIpc) is 2.36. The molecule has 0 saturated carbocycles. The maximum Gasteiger partial charge on any atom is 0.270 e. The van der Waals surface area contributed by atoms with E-state index in [2.05, 4.69) is 25.3 Å². The van der Waals surface area contributed by atoms with Gasteiger partial charge in [0.2, 0.25) is 5.95 Å². The molecular formula is C13H16N6O2. The van der Waals surface area contributed by atoms with E-state index in [1.807, 2.05) is 0 Å². The van der Waals surface area contributed by atoms with Crippen LogP contribution in [0.4, 0.5) is 5.95 Å². The minimum absolute atomic E-state index is 0.0600.